The normalized spacial score (nSPS) is 21.4. The Morgan fingerprint density at radius 3 is 2.37 bits per heavy atom. The van der Waals surface area contributed by atoms with Gasteiger partial charge < -0.3 is 5.11 Å². The molecule has 108 valence electrons. The van der Waals surface area contributed by atoms with Gasteiger partial charge in [0.05, 0.1) is 0 Å². The number of carbonyl (C=O) groups excluding carboxylic acids is 2. The molecule has 0 bridgehead atoms. The zero-order valence-electron chi connectivity index (χ0n) is 11.6. The Morgan fingerprint density at radius 2 is 1.95 bits per heavy atom. The van der Waals surface area contributed by atoms with Crippen molar-refractivity contribution in [3.8, 4) is 0 Å². The Balaban J connectivity index is 2.71. The number of nitrogens with one attached hydrogen (secondary N) is 1. The third-order valence-corrected chi connectivity index (χ3v) is 3.87. The zero-order chi connectivity index (χ0) is 14.6. The Hall–Kier alpha value is -0.880. The van der Waals surface area contributed by atoms with Crippen LogP contribution in [0.3, 0.4) is 0 Å². The van der Waals surface area contributed by atoms with Gasteiger partial charge in [0.15, 0.2) is 11.6 Å². The maximum Gasteiger partial charge on any atom is 0.320 e. The van der Waals surface area contributed by atoms with E-state index in [0.717, 1.165) is 0 Å². The van der Waals surface area contributed by atoms with Gasteiger partial charge in [0.2, 0.25) is 0 Å². The molecule has 0 aromatic heterocycles. The molecule has 0 amide bonds. The molecule has 0 spiro atoms. The van der Waals surface area contributed by atoms with Crippen LogP contribution in [0, 0.1) is 5.41 Å². The van der Waals surface area contributed by atoms with E-state index in [0.29, 0.717) is 25.0 Å². The summed E-state index contributed by atoms with van der Waals surface area (Å²) in [6.07, 6.45) is 2.91. The summed E-state index contributed by atoms with van der Waals surface area (Å²) in [5, 5.41) is 11.8. The van der Waals surface area contributed by atoms with Crippen LogP contribution in [0.1, 0.15) is 33.1 Å². The lowest BCUT2D eigenvalue weighted by molar-refractivity contribution is -0.141. The maximum atomic E-state index is 12.0. The number of Topliss-reactive ketones (excluding diaryl/α,β-unsaturated/α-hetero) is 2. The molecule has 0 saturated heterocycles. The molecule has 0 aromatic carbocycles. The molecule has 5 nitrogen and oxygen atoms in total. The SMILES string of the molecule is CSCC[C@H](NC1C(=O)CC(C)(C)CC1=O)C(=O)O. The maximum absolute atomic E-state index is 12.0. The van der Waals surface area contributed by atoms with Gasteiger partial charge in [-0.3, -0.25) is 19.7 Å². The number of hydrogen-bond acceptors (Lipinski definition) is 5. The van der Waals surface area contributed by atoms with Gasteiger partial charge in [-0.05, 0) is 23.8 Å². The van der Waals surface area contributed by atoms with Crippen LogP contribution < -0.4 is 5.32 Å². The fraction of sp³-hybridized carbons (Fsp3) is 0.769. The quantitative estimate of drug-likeness (QED) is 0.712. The predicted octanol–water partition coefficient (Wildman–Crippen LogP) is 1.11. The summed E-state index contributed by atoms with van der Waals surface area (Å²) >= 11 is 1.54. The molecule has 0 heterocycles. The molecule has 1 saturated carbocycles. The van der Waals surface area contributed by atoms with E-state index in [1.54, 1.807) is 0 Å². The van der Waals surface area contributed by atoms with E-state index in [9.17, 15) is 14.4 Å². The van der Waals surface area contributed by atoms with Crippen molar-refractivity contribution in [1.82, 2.24) is 5.32 Å². The van der Waals surface area contributed by atoms with E-state index in [4.69, 9.17) is 5.11 Å². The first-order chi connectivity index (χ1) is 8.76. The highest BCUT2D eigenvalue weighted by Crippen LogP contribution is 2.31. The largest absolute Gasteiger partial charge is 0.480 e. The summed E-state index contributed by atoms with van der Waals surface area (Å²) in [6.45, 7) is 3.75. The van der Waals surface area contributed by atoms with Crippen LogP contribution in [0.4, 0.5) is 0 Å². The van der Waals surface area contributed by atoms with E-state index in [1.165, 1.54) is 11.8 Å². The van der Waals surface area contributed by atoms with Gasteiger partial charge in [-0.2, -0.15) is 11.8 Å². The smallest absolute Gasteiger partial charge is 0.320 e. The van der Waals surface area contributed by atoms with E-state index in [2.05, 4.69) is 5.32 Å². The molecule has 6 heteroatoms. The van der Waals surface area contributed by atoms with Crippen molar-refractivity contribution in [3.05, 3.63) is 0 Å². The number of rotatable bonds is 6. The number of ketones is 2. The van der Waals surface area contributed by atoms with Gasteiger partial charge in [-0.15, -0.1) is 0 Å². The van der Waals surface area contributed by atoms with Gasteiger partial charge in [0.1, 0.15) is 12.1 Å². The van der Waals surface area contributed by atoms with E-state index < -0.39 is 18.1 Å². The lowest BCUT2D eigenvalue weighted by Crippen LogP contribution is -2.55. The average Bonchev–Trinajstić information content (AvgIpc) is 2.25. The van der Waals surface area contributed by atoms with Crippen molar-refractivity contribution in [1.29, 1.82) is 0 Å². The molecule has 1 fully saturated rings. The Bertz CT molecular complexity index is 361. The van der Waals surface area contributed by atoms with Crippen molar-refractivity contribution >= 4 is 29.3 Å². The number of aliphatic carboxylic acids is 1. The standard InChI is InChI=1S/C13H21NO4S/c1-13(2)6-9(15)11(10(16)7-13)14-8(12(17)18)4-5-19-3/h8,11,14H,4-7H2,1-3H3,(H,17,18)/t8-/m0/s1. The van der Waals surface area contributed by atoms with Gasteiger partial charge in [0, 0.05) is 12.8 Å². The number of thioether (sulfide) groups is 1. The van der Waals surface area contributed by atoms with E-state index in [1.807, 2.05) is 20.1 Å². The van der Waals surface area contributed by atoms with Crippen LogP contribution >= 0.6 is 11.8 Å². The predicted molar refractivity (Wildman–Crippen MR) is 74.4 cm³/mol. The molecule has 2 N–H and O–H groups in total. The number of carboxylic acid groups (broad SMARTS) is 1. The molecule has 0 aromatic rings. The Labute approximate surface area is 117 Å². The summed E-state index contributed by atoms with van der Waals surface area (Å²) in [6, 6.07) is -1.79. The second kappa shape index (κ2) is 6.52. The number of carboxylic acids is 1. The Kier molecular flexibility index (Phi) is 5.55. The van der Waals surface area contributed by atoms with Crippen LogP contribution in [-0.4, -0.2) is 46.7 Å². The highest BCUT2D eigenvalue weighted by molar-refractivity contribution is 7.98. The van der Waals surface area contributed by atoms with Gasteiger partial charge in [-0.1, -0.05) is 13.8 Å². The summed E-state index contributed by atoms with van der Waals surface area (Å²) in [5.74, 6) is -0.738. The monoisotopic (exact) mass is 287 g/mol. The first-order valence-electron chi connectivity index (χ1n) is 6.30. The molecular formula is C13H21NO4S. The van der Waals surface area contributed by atoms with Gasteiger partial charge in [0.25, 0.3) is 0 Å². The van der Waals surface area contributed by atoms with Crippen molar-refractivity contribution in [2.24, 2.45) is 5.41 Å². The lowest BCUT2D eigenvalue weighted by atomic mass is 9.74. The summed E-state index contributed by atoms with van der Waals surface area (Å²) in [7, 11) is 0. The topological polar surface area (TPSA) is 83.5 Å². The first kappa shape index (κ1) is 16.2. The van der Waals surface area contributed by atoms with Crippen LogP contribution in [-0.2, 0) is 14.4 Å². The third-order valence-electron chi connectivity index (χ3n) is 3.23. The first-order valence-corrected chi connectivity index (χ1v) is 7.69. The minimum absolute atomic E-state index is 0.198. The van der Waals surface area contributed by atoms with E-state index in [-0.39, 0.29) is 17.0 Å². The Morgan fingerprint density at radius 1 is 1.42 bits per heavy atom. The summed E-state index contributed by atoms with van der Waals surface area (Å²) < 4.78 is 0. The average molecular weight is 287 g/mol. The molecular weight excluding hydrogens is 266 g/mol. The van der Waals surface area contributed by atoms with Crippen molar-refractivity contribution < 1.29 is 19.5 Å². The fourth-order valence-electron chi connectivity index (χ4n) is 2.29. The van der Waals surface area contributed by atoms with Crippen molar-refractivity contribution in [2.75, 3.05) is 12.0 Å². The molecule has 1 aliphatic rings. The lowest BCUT2D eigenvalue weighted by Gasteiger charge is -2.33. The van der Waals surface area contributed by atoms with Gasteiger partial charge in [-0.25, -0.2) is 0 Å². The van der Waals surface area contributed by atoms with Gasteiger partial charge >= 0.3 is 5.97 Å². The number of hydrogen-bond donors (Lipinski definition) is 2. The summed E-state index contributed by atoms with van der Waals surface area (Å²) in [4.78, 5) is 35.1. The molecule has 0 radical (unpaired) electrons. The molecule has 1 aliphatic carbocycles. The van der Waals surface area contributed by atoms with Crippen molar-refractivity contribution in [2.45, 2.75) is 45.2 Å². The molecule has 1 atom stereocenters. The highest BCUT2D eigenvalue weighted by atomic mass is 32.2. The van der Waals surface area contributed by atoms with Crippen LogP contribution in [0.2, 0.25) is 0 Å². The summed E-state index contributed by atoms with van der Waals surface area (Å²) in [5.41, 5.74) is -0.315. The van der Waals surface area contributed by atoms with Crippen LogP contribution in [0.25, 0.3) is 0 Å². The zero-order valence-corrected chi connectivity index (χ0v) is 12.4. The second-order valence-corrected chi connectivity index (χ2v) is 6.71. The molecule has 0 aliphatic heterocycles. The van der Waals surface area contributed by atoms with Crippen molar-refractivity contribution in [3.63, 3.8) is 0 Å². The van der Waals surface area contributed by atoms with E-state index >= 15 is 0 Å². The highest BCUT2D eigenvalue weighted by Gasteiger charge is 2.40. The second-order valence-electron chi connectivity index (χ2n) is 5.72. The molecule has 1 rings (SSSR count). The third kappa shape index (κ3) is 4.62. The number of carbonyl (C=O) groups is 3. The minimum atomic E-state index is -1.01. The molecule has 0 unspecified atom stereocenters. The molecule has 19 heavy (non-hydrogen) atoms. The minimum Gasteiger partial charge on any atom is -0.480 e. The van der Waals surface area contributed by atoms with Crippen LogP contribution in [0.5, 0.6) is 0 Å². The fourth-order valence-corrected chi connectivity index (χ4v) is 2.76. The van der Waals surface area contributed by atoms with Crippen LogP contribution in [0.15, 0.2) is 0 Å².